The van der Waals surface area contributed by atoms with Crippen molar-refractivity contribution in [1.82, 2.24) is 20.5 Å². The Balaban J connectivity index is 1.54. The summed E-state index contributed by atoms with van der Waals surface area (Å²) in [5, 5.41) is 10.2. The normalized spacial score (nSPS) is 16.5. The first-order valence-electron chi connectivity index (χ1n) is 8.34. The van der Waals surface area contributed by atoms with E-state index in [4.69, 9.17) is 0 Å². The van der Waals surface area contributed by atoms with Crippen LogP contribution >= 0.6 is 22.7 Å². The second-order valence-electron chi connectivity index (χ2n) is 5.99. The number of rotatable bonds is 6. The summed E-state index contributed by atoms with van der Waals surface area (Å²) < 4.78 is 0. The highest BCUT2D eigenvalue weighted by atomic mass is 32.1. The molecular formula is C17H20N4O3S2. The Morgan fingerprint density at radius 1 is 1.31 bits per heavy atom. The van der Waals surface area contributed by atoms with Gasteiger partial charge in [0.1, 0.15) is 11.0 Å². The summed E-state index contributed by atoms with van der Waals surface area (Å²) in [7, 11) is 0. The molecule has 0 bridgehead atoms. The molecular weight excluding hydrogens is 372 g/mol. The predicted octanol–water partition coefficient (Wildman–Crippen LogP) is 1.61. The van der Waals surface area contributed by atoms with E-state index < -0.39 is 6.04 Å². The number of amides is 3. The summed E-state index contributed by atoms with van der Waals surface area (Å²) in [4.78, 5) is 42.8. The Morgan fingerprint density at radius 2 is 2.15 bits per heavy atom. The second kappa shape index (κ2) is 8.41. The van der Waals surface area contributed by atoms with Gasteiger partial charge in [0.2, 0.25) is 17.7 Å². The van der Waals surface area contributed by atoms with Crippen molar-refractivity contribution in [1.29, 1.82) is 0 Å². The summed E-state index contributed by atoms with van der Waals surface area (Å²) in [6.07, 6.45) is 1.41. The molecule has 2 aromatic heterocycles. The monoisotopic (exact) mass is 392 g/mol. The van der Waals surface area contributed by atoms with E-state index in [1.54, 1.807) is 27.6 Å². The Bertz CT molecular complexity index is 788. The number of carbonyl (C=O) groups is 3. The summed E-state index contributed by atoms with van der Waals surface area (Å²) in [6, 6.07) is 3.52. The predicted molar refractivity (Wildman–Crippen MR) is 101 cm³/mol. The molecule has 138 valence electrons. The zero-order valence-electron chi connectivity index (χ0n) is 14.4. The van der Waals surface area contributed by atoms with Gasteiger partial charge in [-0.05, 0) is 24.3 Å². The SMILES string of the molecule is CC(=O)NCC(=O)N1CCCC1C(=O)NCc1csc(-c2cccs2)n1. The molecule has 0 spiro atoms. The van der Waals surface area contributed by atoms with Gasteiger partial charge >= 0.3 is 0 Å². The maximum atomic E-state index is 12.5. The van der Waals surface area contributed by atoms with Crippen molar-refractivity contribution in [3.05, 3.63) is 28.6 Å². The number of thiazole rings is 1. The fraction of sp³-hybridized carbons (Fsp3) is 0.412. The molecule has 1 unspecified atom stereocenters. The molecule has 1 aliphatic heterocycles. The van der Waals surface area contributed by atoms with Crippen molar-refractivity contribution in [2.75, 3.05) is 13.1 Å². The molecule has 2 aromatic rings. The molecule has 26 heavy (non-hydrogen) atoms. The van der Waals surface area contributed by atoms with Crippen LogP contribution in [0.5, 0.6) is 0 Å². The van der Waals surface area contributed by atoms with Crippen LogP contribution in [-0.2, 0) is 20.9 Å². The zero-order chi connectivity index (χ0) is 18.5. The minimum absolute atomic E-state index is 0.0740. The van der Waals surface area contributed by atoms with Crippen LogP contribution in [0.2, 0.25) is 0 Å². The highest BCUT2D eigenvalue weighted by Crippen LogP contribution is 2.27. The average molecular weight is 393 g/mol. The van der Waals surface area contributed by atoms with E-state index in [0.717, 1.165) is 22.0 Å². The van der Waals surface area contributed by atoms with Crippen LogP contribution in [0.3, 0.4) is 0 Å². The van der Waals surface area contributed by atoms with E-state index in [1.165, 1.54) is 6.92 Å². The largest absolute Gasteiger partial charge is 0.349 e. The first-order valence-corrected chi connectivity index (χ1v) is 10.1. The van der Waals surface area contributed by atoms with Crippen LogP contribution in [0.1, 0.15) is 25.5 Å². The van der Waals surface area contributed by atoms with Crippen LogP contribution in [0.4, 0.5) is 0 Å². The Hall–Kier alpha value is -2.26. The second-order valence-corrected chi connectivity index (χ2v) is 7.80. The van der Waals surface area contributed by atoms with Gasteiger partial charge in [-0.3, -0.25) is 14.4 Å². The van der Waals surface area contributed by atoms with Crippen LogP contribution in [0.15, 0.2) is 22.9 Å². The number of hydrogen-bond acceptors (Lipinski definition) is 6. The van der Waals surface area contributed by atoms with E-state index in [-0.39, 0.29) is 24.3 Å². The Kier molecular flexibility index (Phi) is 6.00. The van der Waals surface area contributed by atoms with Crippen LogP contribution in [0.25, 0.3) is 9.88 Å². The molecule has 1 fully saturated rings. The Morgan fingerprint density at radius 3 is 2.88 bits per heavy atom. The average Bonchev–Trinajstić information content (AvgIpc) is 3.37. The van der Waals surface area contributed by atoms with Gasteiger partial charge in [-0.1, -0.05) is 6.07 Å². The van der Waals surface area contributed by atoms with Gasteiger partial charge in [0.15, 0.2) is 0 Å². The van der Waals surface area contributed by atoms with Gasteiger partial charge in [0.25, 0.3) is 0 Å². The molecule has 3 amide bonds. The molecule has 7 nitrogen and oxygen atoms in total. The lowest BCUT2D eigenvalue weighted by Crippen LogP contribution is -2.48. The van der Waals surface area contributed by atoms with Gasteiger partial charge in [0.05, 0.1) is 23.7 Å². The maximum Gasteiger partial charge on any atom is 0.243 e. The lowest BCUT2D eigenvalue weighted by atomic mass is 10.2. The highest BCUT2D eigenvalue weighted by molar-refractivity contribution is 7.20. The summed E-state index contributed by atoms with van der Waals surface area (Å²) in [6.45, 7) is 2.16. The maximum absolute atomic E-state index is 12.5. The summed E-state index contributed by atoms with van der Waals surface area (Å²) in [5.41, 5.74) is 0.806. The van der Waals surface area contributed by atoms with Crippen molar-refractivity contribution in [3.8, 4) is 9.88 Å². The number of carbonyl (C=O) groups excluding carboxylic acids is 3. The van der Waals surface area contributed by atoms with E-state index in [2.05, 4.69) is 15.6 Å². The minimum atomic E-state index is -0.480. The molecule has 2 N–H and O–H groups in total. The van der Waals surface area contributed by atoms with Gasteiger partial charge in [-0.25, -0.2) is 4.98 Å². The van der Waals surface area contributed by atoms with Crippen LogP contribution < -0.4 is 10.6 Å². The summed E-state index contributed by atoms with van der Waals surface area (Å²) >= 11 is 3.18. The number of hydrogen-bond donors (Lipinski definition) is 2. The lowest BCUT2D eigenvalue weighted by Gasteiger charge is -2.23. The molecule has 0 aromatic carbocycles. The molecule has 0 aliphatic carbocycles. The van der Waals surface area contributed by atoms with Crippen molar-refractivity contribution in [3.63, 3.8) is 0 Å². The Labute approximate surface area is 159 Å². The molecule has 3 heterocycles. The fourth-order valence-corrected chi connectivity index (χ4v) is 4.47. The molecule has 3 rings (SSSR count). The highest BCUT2D eigenvalue weighted by Gasteiger charge is 2.33. The molecule has 0 radical (unpaired) electrons. The van der Waals surface area contributed by atoms with Crippen LogP contribution in [0, 0.1) is 0 Å². The number of nitrogens with zero attached hydrogens (tertiary/aromatic N) is 2. The molecule has 1 atom stereocenters. The number of aromatic nitrogens is 1. The topological polar surface area (TPSA) is 91.4 Å². The van der Waals surface area contributed by atoms with Gasteiger partial charge < -0.3 is 15.5 Å². The standard InChI is InChI=1S/C17H20N4O3S2/c1-11(22)18-9-15(23)21-6-2-4-13(21)16(24)19-8-12-10-26-17(20-12)14-5-3-7-25-14/h3,5,7,10,13H,2,4,6,8-9H2,1H3,(H,18,22)(H,19,24). The van der Waals surface area contributed by atoms with Crippen molar-refractivity contribution >= 4 is 40.4 Å². The number of likely N-dealkylation sites (tertiary alicyclic amines) is 1. The van der Waals surface area contributed by atoms with Gasteiger partial charge in [-0.15, -0.1) is 22.7 Å². The smallest absolute Gasteiger partial charge is 0.243 e. The first kappa shape index (κ1) is 18.5. The number of thiophene rings is 1. The van der Waals surface area contributed by atoms with E-state index in [0.29, 0.717) is 19.5 Å². The van der Waals surface area contributed by atoms with E-state index in [1.807, 2.05) is 22.9 Å². The van der Waals surface area contributed by atoms with Crippen molar-refractivity contribution in [2.24, 2.45) is 0 Å². The van der Waals surface area contributed by atoms with Gasteiger partial charge in [0, 0.05) is 18.8 Å². The third kappa shape index (κ3) is 4.47. The van der Waals surface area contributed by atoms with Crippen molar-refractivity contribution < 1.29 is 14.4 Å². The molecule has 0 saturated carbocycles. The van der Waals surface area contributed by atoms with Gasteiger partial charge in [-0.2, -0.15) is 0 Å². The molecule has 9 heteroatoms. The quantitative estimate of drug-likeness (QED) is 0.781. The lowest BCUT2D eigenvalue weighted by molar-refractivity contribution is -0.138. The van der Waals surface area contributed by atoms with Crippen LogP contribution in [-0.4, -0.2) is 46.7 Å². The summed E-state index contributed by atoms with van der Waals surface area (Å²) in [5.74, 6) is -0.667. The third-order valence-corrected chi connectivity index (χ3v) is 6.02. The zero-order valence-corrected chi connectivity index (χ0v) is 16.0. The fourth-order valence-electron chi connectivity index (χ4n) is 2.84. The third-order valence-electron chi connectivity index (χ3n) is 4.09. The first-order chi connectivity index (χ1) is 12.5. The van der Waals surface area contributed by atoms with E-state index >= 15 is 0 Å². The van der Waals surface area contributed by atoms with Crippen molar-refractivity contribution in [2.45, 2.75) is 32.4 Å². The molecule has 1 aliphatic rings. The molecule has 1 saturated heterocycles. The minimum Gasteiger partial charge on any atom is -0.349 e. The number of nitrogens with one attached hydrogen (secondary N) is 2. The van der Waals surface area contributed by atoms with E-state index in [9.17, 15) is 14.4 Å².